The molecule has 82 valence electrons. The summed E-state index contributed by atoms with van der Waals surface area (Å²) < 4.78 is 1.12. The molecule has 0 amide bonds. The lowest BCUT2D eigenvalue weighted by molar-refractivity contribution is -0.107. The highest BCUT2D eigenvalue weighted by atomic mass is 79.9. The third-order valence-electron chi connectivity index (χ3n) is 2.15. The molecule has 0 aliphatic carbocycles. The van der Waals surface area contributed by atoms with Crippen LogP contribution in [0.3, 0.4) is 0 Å². The molecule has 0 saturated carbocycles. The third kappa shape index (κ3) is 4.14. The molecule has 2 nitrogen and oxygen atoms in total. The molecular weight excluding hydrogens is 254 g/mol. The molecule has 0 aromatic heterocycles. The molecule has 0 heterocycles. The summed E-state index contributed by atoms with van der Waals surface area (Å²) in [5, 5.41) is 0. The second-order valence-corrected chi connectivity index (χ2v) is 4.72. The molecule has 1 aromatic rings. The lowest BCUT2D eigenvalue weighted by Crippen LogP contribution is -2.11. The molecule has 3 heteroatoms. The van der Waals surface area contributed by atoms with Gasteiger partial charge in [-0.25, -0.2) is 0 Å². The number of aldehydes is 1. The van der Waals surface area contributed by atoms with Gasteiger partial charge in [-0.15, -0.1) is 0 Å². The van der Waals surface area contributed by atoms with Gasteiger partial charge in [-0.3, -0.25) is 0 Å². The molecule has 0 fully saturated rings. The summed E-state index contributed by atoms with van der Waals surface area (Å²) in [6.45, 7) is 0.925. The maximum atomic E-state index is 10.3. The Labute approximate surface area is 99.4 Å². The van der Waals surface area contributed by atoms with Crippen LogP contribution in [0.25, 0.3) is 0 Å². The van der Waals surface area contributed by atoms with Crippen molar-refractivity contribution in [1.82, 2.24) is 4.90 Å². The normalized spacial score (nSPS) is 10.7. The van der Waals surface area contributed by atoms with Crippen LogP contribution in [0.2, 0.25) is 0 Å². The number of benzene rings is 1. The van der Waals surface area contributed by atoms with E-state index in [1.165, 1.54) is 11.1 Å². The summed E-state index contributed by atoms with van der Waals surface area (Å²) in [6.07, 6.45) is 2.38. The van der Waals surface area contributed by atoms with Crippen molar-refractivity contribution in [2.45, 2.75) is 19.4 Å². The van der Waals surface area contributed by atoms with Gasteiger partial charge in [-0.05, 0) is 37.7 Å². The van der Waals surface area contributed by atoms with E-state index in [9.17, 15) is 4.79 Å². The Morgan fingerprint density at radius 2 is 2.13 bits per heavy atom. The van der Waals surface area contributed by atoms with E-state index in [0.29, 0.717) is 6.42 Å². The summed E-state index contributed by atoms with van der Waals surface area (Å²) in [5.41, 5.74) is 2.48. The summed E-state index contributed by atoms with van der Waals surface area (Å²) in [4.78, 5) is 12.4. The number of hydrogen-bond acceptors (Lipinski definition) is 2. The molecule has 0 bridgehead atoms. The highest BCUT2D eigenvalue weighted by Crippen LogP contribution is 2.20. The Kier molecular flexibility index (Phi) is 4.99. The maximum Gasteiger partial charge on any atom is 0.120 e. The summed E-state index contributed by atoms with van der Waals surface area (Å²) in [6, 6.07) is 6.31. The predicted molar refractivity (Wildman–Crippen MR) is 65.9 cm³/mol. The van der Waals surface area contributed by atoms with Crippen molar-refractivity contribution < 1.29 is 4.79 Å². The van der Waals surface area contributed by atoms with Crippen LogP contribution in [-0.4, -0.2) is 25.3 Å². The Morgan fingerprint density at radius 1 is 1.40 bits per heavy atom. The Hall–Kier alpha value is -0.670. The second-order valence-electron chi connectivity index (χ2n) is 3.87. The second kappa shape index (κ2) is 6.03. The van der Waals surface area contributed by atoms with Crippen molar-refractivity contribution in [2.75, 3.05) is 14.1 Å². The van der Waals surface area contributed by atoms with Crippen molar-refractivity contribution in [3.63, 3.8) is 0 Å². The van der Waals surface area contributed by atoms with Gasteiger partial charge in [0.1, 0.15) is 6.29 Å². The van der Waals surface area contributed by atoms with Gasteiger partial charge in [0, 0.05) is 17.4 Å². The molecule has 1 rings (SSSR count). The maximum absolute atomic E-state index is 10.3. The van der Waals surface area contributed by atoms with Gasteiger partial charge in [0.25, 0.3) is 0 Å². The average Bonchev–Trinajstić information content (AvgIpc) is 2.18. The van der Waals surface area contributed by atoms with Gasteiger partial charge in [0.15, 0.2) is 0 Å². The van der Waals surface area contributed by atoms with Crippen molar-refractivity contribution in [2.24, 2.45) is 0 Å². The summed E-state index contributed by atoms with van der Waals surface area (Å²) in [7, 11) is 4.10. The zero-order valence-corrected chi connectivity index (χ0v) is 10.8. The first-order chi connectivity index (χ1) is 7.13. The quantitative estimate of drug-likeness (QED) is 0.767. The molecule has 0 N–H and O–H groups in total. The van der Waals surface area contributed by atoms with Crippen molar-refractivity contribution >= 4 is 22.2 Å². The zero-order valence-electron chi connectivity index (χ0n) is 9.16. The fourth-order valence-electron chi connectivity index (χ4n) is 1.44. The number of nitrogens with zero attached hydrogens (tertiary/aromatic N) is 1. The number of aryl methyl sites for hydroxylation is 1. The number of hydrogen-bond donors (Lipinski definition) is 0. The minimum atomic E-state index is 0.597. The van der Waals surface area contributed by atoms with E-state index in [0.717, 1.165) is 23.7 Å². The molecule has 0 radical (unpaired) electrons. The number of carbonyl (C=O) groups is 1. The molecule has 0 unspecified atom stereocenters. The smallest absolute Gasteiger partial charge is 0.120 e. The molecule has 1 aromatic carbocycles. The Balaban J connectivity index is 2.73. The van der Waals surface area contributed by atoms with E-state index in [-0.39, 0.29) is 0 Å². The highest BCUT2D eigenvalue weighted by Gasteiger charge is 2.02. The van der Waals surface area contributed by atoms with Crippen LogP contribution in [0, 0.1) is 0 Å². The molecule has 0 atom stereocenters. The van der Waals surface area contributed by atoms with Crippen LogP contribution in [-0.2, 0) is 17.8 Å². The van der Waals surface area contributed by atoms with Crippen LogP contribution in [0.15, 0.2) is 22.7 Å². The molecule has 0 spiro atoms. The average molecular weight is 270 g/mol. The van der Waals surface area contributed by atoms with E-state index >= 15 is 0 Å². The van der Waals surface area contributed by atoms with Crippen LogP contribution in [0.5, 0.6) is 0 Å². The van der Waals surface area contributed by atoms with Crippen LogP contribution in [0.1, 0.15) is 17.5 Å². The molecule has 0 saturated heterocycles. The van der Waals surface area contributed by atoms with Crippen LogP contribution < -0.4 is 0 Å². The van der Waals surface area contributed by atoms with Gasteiger partial charge in [-0.1, -0.05) is 28.1 Å². The molecule has 0 aliphatic heterocycles. The zero-order chi connectivity index (χ0) is 11.3. The number of rotatable bonds is 5. The van der Waals surface area contributed by atoms with E-state index in [1.807, 2.05) is 14.1 Å². The van der Waals surface area contributed by atoms with Crippen molar-refractivity contribution in [3.8, 4) is 0 Å². The Bertz CT molecular complexity index is 336. The Morgan fingerprint density at radius 3 is 2.67 bits per heavy atom. The van der Waals surface area contributed by atoms with Gasteiger partial charge >= 0.3 is 0 Å². The lowest BCUT2D eigenvalue weighted by Gasteiger charge is -2.12. The SMILES string of the molecule is CN(C)Cc1ccc(CCC=O)cc1Br. The van der Waals surface area contributed by atoms with Crippen molar-refractivity contribution in [3.05, 3.63) is 33.8 Å². The first-order valence-corrected chi connectivity index (χ1v) is 5.78. The first kappa shape index (κ1) is 12.4. The van der Waals surface area contributed by atoms with E-state index in [1.54, 1.807) is 0 Å². The standard InChI is InChI=1S/C12H16BrNO/c1-14(2)9-11-6-5-10(4-3-7-15)8-12(11)13/h5-8H,3-4,9H2,1-2H3. The molecule has 15 heavy (non-hydrogen) atoms. The van der Waals surface area contributed by atoms with Gasteiger partial charge < -0.3 is 9.69 Å². The highest BCUT2D eigenvalue weighted by molar-refractivity contribution is 9.10. The summed E-state index contributed by atoms with van der Waals surface area (Å²) in [5.74, 6) is 0. The molecular formula is C12H16BrNO. The topological polar surface area (TPSA) is 20.3 Å². The largest absolute Gasteiger partial charge is 0.305 e. The van der Waals surface area contributed by atoms with E-state index in [2.05, 4.69) is 39.0 Å². The monoisotopic (exact) mass is 269 g/mol. The first-order valence-electron chi connectivity index (χ1n) is 4.99. The third-order valence-corrected chi connectivity index (χ3v) is 2.89. The number of carbonyl (C=O) groups excluding carboxylic acids is 1. The van der Waals surface area contributed by atoms with Crippen LogP contribution in [0.4, 0.5) is 0 Å². The fourth-order valence-corrected chi connectivity index (χ4v) is 1.99. The van der Waals surface area contributed by atoms with Gasteiger partial charge in [-0.2, -0.15) is 0 Å². The molecule has 0 aliphatic rings. The van der Waals surface area contributed by atoms with Gasteiger partial charge in [0.05, 0.1) is 0 Å². The lowest BCUT2D eigenvalue weighted by atomic mass is 10.1. The number of halogens is 1. The van der Waals surface area contributed by atoms with E-state index < -0.39 is 0 Å². The van der Waals surface area contributed by atoms with Crippen molar-refractivity contribution in [1.29, 1.82) is 0 Å². The predicted octanol–water partition coefficient (Wildman–Crippen LogP) is 2.64. The van der Waals surface area contributed by atoms with E-state index in [4.69, 9.17) is 0 Å². The van der Waals surface area contributed by atoms with Crippen LogP contribution >= 0.6 is 15.9 Å². The summed E-state index contributed by atoms with van der Waals surface area (Å²) >= 11 is 3.55. The minimum Gasteiger partial charge on any atom is -0.305 e. The van der Waals surface area contributed by atoms with Gasteiger partial charge in [0.2, 0.25) is 0 Å². The minimum absolute atomic E-state index is 0.597. The fraction of sp³-hybridized carbons (Fsp3) is 0.417.